The molecule has 6 heteroatoms. The standard InChI is InChI=1S/C20H22N2O3.ClH/c21-17-7-4-12-22(13-17)19(23)14-25-18-10-8-16(9-11-18)20(24)15-5-2-1-3-6-15;/h1-3,5-6,8-11,17H,4,7,12-14,21H2;1H. The van der Waals surface area contributed by atoms with Crippen LogP contribution in [0.15, 0.2) is 54.6 Å². The molecule has 1 saturated heterocycles. The van der Waals surface area contributed by atoms with Gasteiger partial charge in [0.05, 0.1) is 0 Å². The van der Waals surface area contributed by atoms with Crippen LogP contribution in [-0.2, 0) is 4.79 Å². The van der Waals surface area contributed by atoms with Gasteiger partial charge in [-0.15, -0.1) is 12.4 Å². The maximum atomic E-state index is 12.3. The quantitative estimate of drug-likeness (QED) is 0.816. The Morgan fingerprint density at radius 2 is 1.69 bits per heavy atom. The van der Waals surface area contributed by atoms with Gasteiger partial charge in [0, 0.05) is 30.3 Å². The molecule has 2 aromatic rings. The van der Waals surface area contributed by atoms with Crippen molar-refractivity contribution in [2.45, 2.75) is 18.9 Å². The molecule has 0 bridgehead atoms. The molecule has 1 fully saturated rings. The van der Waals surface area contributed by atoms with Gasteiger partial charge in [-0.2, -0.15) is 0 Å². The molecular weight excluding hydrogens is 352 g/mol. The number of halogens is 1. The molecular formula is C20H23ClN2O3. The summed E-state index contributed by atoms with van der Waals surface area (Å²) in [6, 6.07) is 16.0. The van der Waals surface area contributed by atoms with E-state index in [-0.39, 0.29) is 36.7 Å². The van der Waals surface area contributed by atoms with Crippen molar-refractivity contribution in [1.82, 2.24) is 4.90 Å². The van der Waals surface area contributed by atoms with Crippen molar-refractivity contribution in [3.8, 4) is 5.75 Å². The fraction of sp³-hybridized carbons (Fsp3) is 0.300. The predicted octanol–water partition coefficient (Wildman–Crippen LogP) is 2.67. The zero-order valence-corrected chi connectivity index (χ0v) is 15.3. The number of nitrogens with zero attached hydrogens (tertiary/aromatic N) is 1. The average molecular weight is 375 g/mol. The van der Waals surface area contributed by atoms with Crippen molar-refractivity contribution in [2.24, 2.45) is 5.73 Å². The maximum Gasteiger partial charge on any atom is 0.260 e. The fourth-order valence-electron chi connectivity index (χ4n) is 2.93. The molecule has 2 N–H and O–H groups in total. The Labute approximate surface area is 159 Å². The highest BCUT2D eigenvalue weighted by atomic mass is 35.5. The molecule has 138 valence electrons. The number of hydrogen-bond donors (Lipinski definition) is 1. The van der Waals surface area contributed by atoms with Gasteiger partial charge in [-0.25, -0.2) is 0 Å². The highest BCUT2D eigenvalue weighted by Gasteiger charge is 2.21. The van der Waals surface area contributed by atoms with Gasteiger partial charge in [0.25, 0.3) is 5.91 Å². The second-order valence-corrected chi connectivity index (χ2v) is 6.25. The number of carbonyl (C=O) groups is 2. The van der Waals surface area contributed by atoms with Crippen molar-refractivity contribution in [2.75, 3.05) is 19.7 Å². The number of nitrogens with two attached hydrogens (primary N) is 1. The van der Waals surface area contributed by atoms with Crippen LogP contribution in [0.2, 0.25) is 0 Å². The van der Waals surface area contributed by atoms with E-state index in [1.165, 1.54) is 0 Å². The lowest BCUT2D eigenvalue weighted by molar-refractivity contribution is -0.134. The molecule has 1 atom stereocenters. The van der Waals surface area contributed by atoms with Gasteiger partial charge in [0.2, 0.25) is 0 Å². The van der Waals surface area contributed by atoms with Crippen molar-refractivity contribution in [1.29, 1.82) is 0 Å². The topological polar surface area (TPSA) is 72.6 Å². The van der Waals surface area contributed by atoms with Gasteiger partial charge in [0.1, 0.15) is 5.75 Å². The molecule has 5 nitrogen and oxygen atoms in total. The zero-order chi connectivity index (χ0) is 17.6. The van der Waals surface area contributed by atoms with Crippen LogP contribution >= 0.6 is 12.4 Å². The van der Waals surface area contributed by atoms with Crippen LogP contribution in [0.4, 0.5) is 0 Å². The number of benzene rings is 2. The van der Waals surface area contributed by atoms with Crippen molar-refractivity contribution in [3.63, 3.8) is 0 Å². The zero-order valence-electron chi connectivity index (χ0n) is 14.5. The summed E-state index contributed by atoms with van der Waals surface area (Å²) in [7, 11) is 0. The number of ketones is 1. The van der Waals surface area contributed by atoms with Crippen LogP contribution in [-0.4, -0.2) is 42.3 Å². The van der Waals surface area contributed by atoms with Gasteiger partial charge < -0.3 is 15.4 Å². The molecule has 3 rings (SSSR count). The van der Waals surface area contributed by atoms with E-state index in [4.69, 9.17) is 10.5 Å². The van der Waals surface area contributed by atoms with E-state index in [0.717, 1.165) is 19.4 Å². The molecule has 0 spiro atoms. The Morgan fingerprint density at radius 1 is 1.04 bits per heavy atom. The van der Waals surface area contributed by atoms with Gasteiger partial charge in [0.15, 0.2) is 12.4 Å². The number of ether oxygens (including phenoxy) is 1. The van der Waals surface area contributed by atoms with E-state index in [2.05, 4.69) is 0 Å². The summed E-state index contributed by atoms with van der Waals surface area (Å²) in [6.07, 6.45) is 1.89. The summed E-state index contributed by atoms with van der Waals surface area (Å²) in [4.78, 5) is 26.3. The lowest BCUT2D eigenvalue weighted by atomic mass is 10.0. The Morgan fingerprint density at radius 3 is 2.35 bits per heavy atom. The van der Waals surface area contributed by atoms with E-state index < -0.39 is 0 Å². The molecule has 0 aromatic heterocycles. The lowest BCUT2D eigenvalue weighted by Gasteiger charge is -2.30. The molecule has 26 heavy (non-hydrogen) atoms. The van der Waals surface area contributed by atoms with Crippen LogP contribution < -0.4 is 10.5 Å². The normalized spacial score (nSPS) is 16.5. The second-order valence-electron chi connectivity index (χ2n) is 6.25. The molecule has 1 aliphatic rings. The fourth-order valence-corrected chi connectivity index (χ4v) is 2.93. The third-order valence-electron chi connectivity index (χ3n) is 4.33. The van der Waals surface area contributed by atoms with E-state index in [1.54, 1.807) is 41.3 Å². The van der Waals surface area contributed by atoms with E-state index in [0.29, 0.717) is 23.4 Å². The van der Waals surface area contributed by atoms with Crippen LogP contribution in [0.25, 0.3) is 0 Å². The van der Waals surface area contributed by atoms with Gasteiger partial charge in [-0.05, 0) is 37.1 Å². The summed E-state index contributed by atoms with van der Waals surface area (Å²) in [5.41, 5.74) is 7.13. The van der Waals surface area contributed by atoms with E-state index in [9.17, 15) is 9.59 Å². The number of carbonyl (C=O) groups excluding carboxylic acids is 2. The molecule has 1 heterocycles. The third-order valence-corrected chi connectivity index (χ3v) is 4.33. The Hall–Kier alpha value is -2.37. The van der Waals surface area contributed by atoms with E-state index in [1.807, 2.05) is 18.2 Å². The van der Waals surface area contributed by atoms with Gasteiger partial charge >= 0.3 is 0 Å². The highest BCUT2D eigenvalue weighted by molar-refractivity contribution is 6.08. The monoisotopic (exact) mass is 374 g/mol. The molecule has 0 radical (unpaired) electrons. The molecule has 1 unspecified atom stereocenters. The van der Waals surface area contributed by atoms with Crippen molar-refractivity contribution >= 4 is 24.1 Å². The Balaban J connectivity index is 0.00000243. The number of amides is 1. The minimum absolute atomic E-state index is 0. The summed E-state index contributed by atoms with van der Waals surface area (Å²) >= 11 is 0. The number of hydrogen-bond acceptors (Lipinski definition) is 4. The molecule has 0 saturated carbocycles. The first kappa shape index (κ1) is 19.9. The van der Waals surface area contributed by atoms with E-state index >= 15 is 0 Å². The molecule has 1 amide bonds. The first-order chi connectivity index (χ1) is 12.1. The summed E-state index contributed by atoms with van der Waals surface area (Å²) in [5.74, 6) is 0.476. The van der Waals surface area contributed by atoms with Gasteiger partial charge in [-0.3, -0.25) is 9.59 Å². The van der Waals surface area contributed by atoms with Crippen LogP contribution in [0, 0.1) is 0 Å². The summed E-state index contributed by atoms with van der Waals surface area (Å²) < 4.78 is 5.55. The smallest absolute Gasteiger partial charge is 0.260 e. The third kappa shape index (κ3) is 5.07. The summed E-state index contributed by atoms with van der Waals surface area (Å²) in [6.45, 7) is 1.31. The Bertz CT molecular complexity index is 734. The molecule has 2 aromatic carbocycles. The SMILES string of the molecule is Cl.NC1CCCN(C(=O)COc2ccc(C(=O)c3ccccc3)cc2)C1. The maximum absolute atomic E-state index is 12.3. The second kappa shape index (κ2) is 9.36. The van der Waals surface area contributed by atoms with Crippen LogP contribution in [0.5, 0.6) is 5.75 Å². The van der Waals surface area contributed by atoms with Crippen molar-refractivity contribution in [3.05, 3.63) is 65.7 Å². The number of likely N-dealkylation sites (tertiary alicyclic amines) is 1. The predicted molar refractivity (Wildman–Crippen MR) is 103 cm³/mol. The molecule has 0 aliphatic carbocycles. The Kier molecular flexibility index (Phi) is 7.18. The number of piperidine rings is 1. The lowest BCUT2D eigenvalue weighted by Crippen LogP contribution is -2.47. The molecule has 1 aliphatic heterocycles. The number of rotatable bonds is 5. The summed E-state index contributed by atoms with van der Waals surface area (Å²) in [5, 5.41) is 0. The highest BCUT2D eigenvalue weighted by Crippen LogP contribution is 2.16. The minimum atomic E-state index is -0.0559. The average Bonchev–Trinajstić information content (AvgIpc) is 2.66. The van der Waals surface area contributed by atoms with Gasteiger partial charge in [-0.1, -0.05) is 30.3 Å². The van der Waals surface area contributed by atoms with Crippen LogP contribution in [0.3, 0.4) is 0 Å². The largest absolute Gasteiger partial charge is 0.484 e. The first-order valence-corrected chi connectivity index (χ1v) is 8.49. The first-order valence-electron chi connectivity index (χ1n) is 8.49. The van der Waals surface area contributed by atoms with Crippen molar-refractivity contribution < 1.29 is 14.3 Å². The van der Waals surface area contributed by atoms with Crippen LogP contribution in [0.1, 0.15) is 28.8 Å². The minimum Gasteiger partial charge on any atom is -0.484 e.